The van der Waals surface area contributed by atoms with E-state index in [1.54, 1.807) is 0 Å². The van der Waals surface area contributed by atoms with Crippen molar-refractivity contribution in [3.05, 3.63) is 29.6 Å². The van der Waals surface area contributed by atoms with E-state index in [9.17, 15) is 0 Å². The molecule has 2 unspecified atom stereocenters. The topological polar surface area (TPSA) is 31.4 Å². The highest BCUT2D eigenvalue weighted by Gasteiger charge is 2.34. The van der Waals surface area contributed by atoms with Crippen LogP contribution in [-0.4, -0.2) is 53.5 Å². The van der Waals surface area contributed by atoms with Crippen LogP contribution in [0.3, 0.4) is 0 Å². The quantitative estimate of drug-likeness (QED) is 0.901. The van der Waals surface area contributed by atoms with Gasteiger partial charge in [0.1, 0.15) is 0 Å². The van der Waals surface area contributed by atoms with Crippen molar-refractivity contribution >= 4 is 0 Å². The highest BCUT2D eigenvalue weighted by atomic mass is 15.3. The monoisotopic (exact) mass is 274 g/mol. The molecule has 110 valence electrons. The fraction of sp³-hybridized carbons (Fsp3) is 0.688. The molecule has 0 aromatic carbocycles. The third-order valence-electron chi connectivity index (χ3n) is 4.65. The Morgan fingerprint density at radius 2 is 2.15 bits per heavy atom. The van der Waals surface area contributed by atoms with Gasteiger partial charge in [-0.25, -0.2) is 0 Å². The van der Waals surface area contributed by atoms with Gasteiger partial charge in [-0.05, 0) is 45.5 Å². The number of hydrogen-bond donors (Lipinski definition) is 1. The minimum absolute atomic E-state index is 0.638. The zero-order valence-corrected chi connectivity index (χ0v) is 12.7. The summed E-state index contributed by atoms with van der Waals surface area (Å²) < 4.78 is 0. The van der Waals surface area contributed by atoms with Gasteiger partial charge in [-0.15, -0.1) is 0 Å². The van der Waals surface area contributed by atoms with Gasteiger partial charge in [0, 0.05) is 38.3 Å². The third kappa shape index (κ3) is 3.03. The number of rotatable bonds is 4. The summed E-state index contributed by atoms with van der Waals surface area (Å²) in [6.07, 6.45) is 2.75. The second kappa shape index (κ2) is 6.20. The first kappa shape index (κ1) is 14.0. The molecule has 2 fully saturated rings. The third-order valence-corrected chi connectivity index (χ3v) is 4.65. The number of nitrogens with one attached hydrogen (secondary N) is 1. The average molecular weight is 274 g/mol. The summed E-state index contributed by atoms with van der Waals surface area (Å²) in [4.78, 5) is 10.0. The first-order valence-corrected chi connectivity index (χ1v) is 7.84. The number of aromatic nitrogens is 1. The van der Waals surface area contributed by atoms with Crippen LogP contribution in [0.1, 0.15) is 31.2 Å². The van der Waals surface area contributed by atoms with Crippen LogP contribution in [-0.2, 0) is 13.1 Å². The molecule has 3 heterocycles. The summed E-state index contributed by atoms with van der Waals surface area (Å²) in [6, 6.07) is 7.81. The standard InChI is InChI=1S/C16H26N4/c1-13-10-19-8-4-7-16(19)12-20(13)11-15-6-3-5-14(18-15)9-17-2/h3,5-6,13,16-17H,4,7-12H2,1-2H3. The van der Waals surface area contributed by atoms with Crippen molar-refractivity contribution in [2.45, 2.75) is 44.9 Å². The van der Waals surface area contributed by atoms with Crippen molar-refractivity contribution in [3.8, 4) is 0 Å². The molecule has 2 saturated heterocycles. The number of piperazine rings is 1. The zero-order chi connectivity index (χ0) is 13.9. The first-order valence-electron chi connectivity index (χ1n) is 7.84. The molecule has 0 aliphatic carbocycles. The molecule has 0 spiro atoms. The van der Waals surface area contributed by atoms with Gasteiger partial charge in [-0.1, -0.05) is 6.07 Å². The maximum absolute atomic E-state index is 4.76. The molecule has 1 N–H and O–H groups in total. The predicted octanol–water partition coefficient (Wildman–Crippen LogP) is 1.47. The zero-order valence-electron chi connectivity index (χ0n) is 12.7. The average Bonchev–Trinajstić information content (AvgIpc) is 2.87. The van der Waals surface area contributed by atoms with Crippen LogP contribution in [0.4, 0.5) is 0 Å². The van der Waals surface area contributed by atoms with Crippen molar-refractivity contribution in [2.75, 3.05) is 26.7 Å². The number of fused-ring (bicyclic) bond motifs is 1. The van der Waals surface area contributed by atoms with Gasteiger partial charge in [0.2, 0.25) is 0 Å². The molecule has 20 heavy (non-hydrogen) atoms. The van der Waals surface area contributed by atoms with Crippen LogP contribution in [0.2, 0.25) is 0 Å². The molecule has 0 bridgehead atoms. The summed E-state index contributed by atoms with van der Waals surface area (Å²) in [6.45, 7) is 7.92. The molecule has 1 aromatic heterocycles. The van der Waals surface area contributed by atoms with Crippen molar-refractivity contribution < 1.29 is 0 Å². The molecular formula is C16H26N4. The Labute approximate surface area is 122 Å². The lowest BCUT2D eigenvalue weighted by Crippen LogP contribution is -2.54. The van der Waals surface area contributed by atoms with Gasteiger partial charge >= 0.3 is 0 Å². The molecule has 2 aliphatic rings. The van der Waals surface area contributed by atoms with E-state index in [2.05, 4.69) is 40.2 Å². The second-order valence-electron chi connectivity index (χ2n) is 6.22. The Morgan fingerprint density at radius 1 is 1.30 bits per heavy atom. The van der Waals surface area contributed by atoms with Crippen LogP contribution >= 0.6 is 0 Å². The maximum atomic E-state index is 4.76. The van der Waals surface area contributed by atoms with Gasteiger partial charge in [-0.2, -0.15) is 0 Å². The van der Waals surface area contributed by atoms with E-state index in [0.717, 1.165) is 24.8 Å². The Morgan fingerprint density at radius 3 is 3.00 bits per heavy atom. The van der Waals surface area contributed by atoms with Gasteiger partial charge < -0.3 is 5.32 Å². The lowest BCUT2D eigenvalue weighted by atomic mass is 10.1. The molecule has 0 amide bonds. The predicted molar refractivity (Wildman–Crippen MR) is 81.5 cm³/mol. The number of hydrogen-bond acceptors (Lipinski definition) is 4. The molecule has 0 radical (unpaired) electrons. The van der Waals surface area contributed by atoms with Crippen LogP contribution < -0.4 is 5.32 Å². The number of pyridine rings is 1. The van der Waals surface area contributed by atoms with Gasteiger partial charge in [-0.3, -0.25) is 14.8 Å². The van der Waals surface area contributed by atoms with Crippen molar-refractivity contribution in [2.24, 2.45) is 0 Å². The van der Waals surface area contributed by atoms with E-state index < -0.39 is 0 Å². The Hall–Kier alpha value is -0.970. The minimum atomic E-state index is 0.638. The lowest BCUT2D eigenvalue weighted by Gasteiger charge is -2.42. The van der Waals surface area contributed by atoms with Crippen LogP contribution in [0, 0.1) is 0 Å². The molecule has 1 aromatic rings. The first-order chi connectivity index (χ1) is 9.76. The van der Waals surface area contributed by atoms with Gasteiger partial charge in [0.15, 0.2) is 0 Å². The molecular weight excluding hydrogens is 248 g/mol. The fourth-order valence-electron chi connectivity index (χ4n) is 3.57. The van der Waals surface area contributed by atoms with E-state index in [-0.39, 0.29) is 0 Å². The summed E-state index contributed by atoms with van der Waals surface area (Å²) in [5.74, 6) is 0. The fourth-order valence-corrected chi connectivity index (χ4v) is 3.57. The largest absolute Gasteiger partial charge is 0.314 e. The second-order valence-corrected chi connectivity index (χ2v) is 6.22. The molecule has 4 heteroatoms. The van der Waals surface area contributed by atoms with Crippen molar-refractivity contribution in [1.29, 1.82) is 0 Å². The van der Waals surface area contributed by atoms with Crippen LogP contribution in [0.15, 0.2) is 18.2 Å². The number of nitrogens with zero attached hydrogens (tertiary/aromatic N) is 3. The van der Waals surface area contributed by atoms with E-state index in [1.807, 2.05) is 7.05 Å². The van der Waals surface area contributed by atoms with Gasteiger partial charge in [0.05, 0.1) is 11.4 Å². The van der Waals surface area contributed by atoms with Crippen molar-refractivity contribution in [1.82, 2.24) is 20.1 Å². The van der Waals surface area contributed by atoms with E-state index in [1.165, 1.54) is 38.2 Å². The summed E-state index contributed by atoms with van der Waals surface area (Å²) in [5, 5.41) is 3.17. The van der Waals surface area contributed by atoms with Gasteiger partial charge in [0.25, 0.3) is 0 Å². The molecule has 3 rings (SSSR count). The molecule has 4 nitrogen and oxygen atoms in total. The van der Waals surface area contributed by atoms with Crippen LogP contribution in [0.5, 0.6) is 0 Å². The smallest absolute Gasteiger partial charge is 0.0548 e. The normalized spacial score (nSPS) is 27.7. The lowest BCUT2D eigenvalue weighted by molar-refractivity contribution is 0.0531. The van der Waals surface area contributed by atoms with Crippen LogP contribution in [0.25, 0.3) is 0 Å². The minimum Gasteiger partial charge on any atom is -0.314 e. The Kier molecular flexibility index (Phi) is 4.34. The Bertz CT molecular complexity index is 448. The highest BCUT2D eigenvalue weighted by molar-refractivity contribution is 5.11. The molecule has 2 aliphatic heterocycles. The summed E-state index contributed by atoms with van der Waals surface area (Å²) >= 11 is 0. The molecule has 0 saturated carbocycles. The van der Waals surface area contributed by atoms with E-state index >= 15 is 0 Å². The van der Waals surface area contributed by atoms with E-state index in [0.29, 0.717) is 6.04 Å². The maximum Gasteiger partial charge on any atom is 0.0548 e. The van der Waals surface area contributed by atoms with Crippen molar-refractivity contribution in [3.63, 3.8) is 0 Å². The Balaban J connectivity index is 1.66. The SMILES string of the molecule is CNCc1cccc(CN2CC3CCCN3CC2C)n1. The summed E-state index contributed by atoms with van der Waals surface area (Å²) in [5.41, 5.74) is 2.34. The van der Waals surface area contributed by atoms with E-state index in [4.69, 9.17) is 4.98 Å². The summed E-state index contributed by atoms with van der Waals surface area (Å²) in [7, 11) is 1.97. The highest BCUT2D eigenvalue weighted by Crippen LogP contribution is 2.25. The molecule has 2 atom stereocenters.